The first-order valence-electron chi connectivity index (χ1n) is 10.2. The molecule has 0 saturated carbocycles. The van der Waals surface area contributed by atoms with Crippen LogP contribution in [-0.4, -0.2) is 28.2 Å². The monoisotopic (exact) mass is 523 g/mol. The highest BCUT2D eigenvalue weighted by molar-refractivity contribution is 9.10. The van der Waals surface area contributed by atoms with E-state index in [0.29, 0.717) is 12.2 Å². The highest BCUT2D eigenvalue weighted by Gasteiger charge is 2.31. The van der Waals surface area contributed by atoms with Gasteiger partial charge in [-0.1, -0.05) is 52.9 Å². The first kappa shape index (κ1) is 26.9. The van der Waals surface area contributed by atoms with Gasteiger partial charge < -0.3 is 9.26 Å². The molecule has 0 amide bonds. The lowest BCUT2D eigenvalue weighted by Crippen LogP contribution is -2.02. The topological polar surface area (TPSA) is 104 Å². The van der Waals surface area contributed by atoms with Crippen LogP contribution >= 0.6 is 34.0 Å². The van der Waals surface area contributed by atoms with Crippen molar-refractivity contribution in [2.45, 2.75) is 77.9 Å². The summed E-state index contributed by atoms with van der Waals surface area (Å²) in [5.41, 5.74) is 0.209. The number of halogens is 1. The molecule has 0 fully saturated rings. The lowest BCUT2D eigenvalue weighted by molar-refractivity contribution is -0.386. The lowest BCUT2D eigenvalue weighted by atomic mass is 10.1. The van der Waals surface area contributed by atoms with Crippen molar-refractivity contribution in [2.24, 2.45) is 4.76 Å². The van der Waals surface area contributed by atoms with Gasteiger partial charge in [-0.2, -0.15) is 4.76 Å². The van der Waals surface area contributed by atoms with Crippen LogP contribution in [0.15, 0.2) is 15.4 Å². The number of hydrogen-bond donors (Lipinski definition) is 0. The highest BCUT2D eigenvalue weighted by atomic mass is 79.9. The minimum Gasteiger partial charge on any atom is -0.483 e. The van der Waals surface area contributed by atoms with Crippen molar-refractivity contribution in [3.05, 3.63) is 26.3 Å². The molecular weight excluding hydrogens is 493 g/mol. The van der Waals surface area contributed by atoms with E-state index in [0.717, 1.165) is 56.1 Å². The average molecular weight is 524 g/mol. The third kappa shape index (κ3) is 9.35. The molecule has 0 aliphatic carbocycles. The number of unbranched alkanes of at least 4 members (excludes halogenated alkanes) is 4. The first-order chi connectivity index (χ1) is 14.2. The van der Waals surface area contributed by atoms with E-state index in [9.17, 15) is 14.7 Å². The molecule has 0 N–H and O–H groups in total. The molecule has 0 saturated heterocycles. The normalized spacial score (nSPS) is 14.4. The van der Waals surface area contributed by atoms with Gasteiger partial charge in [-0.05, 0) is 47.1 Å². The van der Waals surface area contributed by atoms with E-state index < -0.39 is 11.6 Å². The van der Waals surface area contributed by atoms with Crippen molar-refractivity contribution in [1.29, 1.82) is 0 Å². The zero-order valence-corrected chi connectivity index (χ0v) is 21.3. The van der Waals surface area contributed by atoms with Gasteiger partial charge in [0.2, 0.25) is 5.88 Å². The van der Waals surface area contributed by atoms with Crippen molar-refractivity contribution in [1.82, 2.24) is 4.98 Å². The van der Waals surface area contributed by atoms with Crippen LogP contribution in [-0.2, 0) is 9.30 Å². The summed E-state index contributed by atoms with van der Waals surface area (Å²) in [5.74, 6) is 0.0483. The van der Waals surface area contributed by atoms with Gasteiger partial charge in [-0.15, -0.1) is 0 Å². The van der Waals surface area contributed by atoms with Gasteiger partial charge >= 0.3 is 12.4 Å². The largest absolute Gasteiger partial charge is 0.483 e. The molecule has 11 heteroatoms. The minimum absolute atomic E-state index is 0.0483. The van der Waals surface area contributed by atoms with Crippen molar-refractivity contribution < 1.29 is 18.7 Å². The van der Waals surface area contributed by atoms with Crippen molar-refractivity contribution >= 4 is 46.1 Å². The quantitative estimate of drug-likeness (QED) is 0.0585. The van der Waals surface area contributed by atoms with Crippen LogP contribution in [0.5, 0.6) is 5.88 Å². The minimum atomic E-state index is -3.58. The summed E-state index contributed by atoms with van der Waals surface area (Å²) in [5, 5.41) is 11.1. The molecular formula is C19H31BrN3O5PS. The molecule has 0 bridgehead atoms. The Balaban J connectivity index is 2.98. The van der Waals surface area contributed by atoms with Crippen LogP contribution < -0.4 is 4.52 Å². The second-order valence-electron chi connectivity index (χ2n) is 6.92. The number of nitro groups is 1. The Hall–Kier alpha value is -1.12. The van der Waals surface area contributed by atoms with Crippen LogP contribution in [0.1, 0.15) is 71.3 Å². The van der Waals surface area contributed by atoms with E-state index >= 15 is 0 Å². The summed E-state index contributed by atoms with van der Waals surface area (Å²) in [4.78, 5) is 14.5. The van der Waals surface area contributed by atoms with Gasteiger partial charge in [0.05, 0.1) is 11.5 Å². The second-order valence-corrected chi connectivity index (χ2v) is 12.1. The molecule has 1 aromatic heterocycles. The fourth-order valence-corrected chi connectivity index (χ4v) is 6.64. The third-order valence-electron chi connectivity index (χ3n) is 4.23. The maximum atomic E-state index is 13.5. The van der Waals surface area contributed by atoms with Crippen LogP contribution in [0.25, 0.3) is 0 Å². The number of aromatic nitrogens is 1. The summed E-state index contributed by atoms with van der Waals surface area (Å²) in [6.45, 7) is 4.72. The second kappa shape index (κ2) is 14.0. The number of hydrogen-bond acceptors (Lipinski definition) is 7. The van der Waals surface area contributed by atoms with Gasteiger partial charge in [0.25, 0.3) is 0 Å². The summed E-state index contributed by atoms with van der Waals surface area (Å²) in [6, 6.07) is 0. The third-order valence-corrected chi connectivity index (χ3v) is 9.26. The van der Waals surface area contributed by atoms with Crippen LogP contribution in [0, 0.1) is 17.0 Å². The van der Waals surface area contributed by atoms with Gasteiger partial charge in [-0.3, -0.25) is 10.1 Å². The zero-order chi connectivity index (χ0) is 22.6. The Morgan fingerprint density at radius 3 is 2.67 bits per heavy atom. The van der Waals surface area contributed by atoms with E-state index in [1.54, 1.807) is 6.92 Å². The highest BCUT2D eigenvalue weighted by Crippen LogP contribution is 2.63. The average Bonchev–Trinajstić information content (AvgIpc) is 2.68. The number of ether oxygens (including phenoxy) is 1. The molecule has 2 unspecified atom stereocenters. The molecule has 30 heavy (non-hydrogen) atoms. The van der Waals surface area contributed by atoms with Gasteiger partial charge in [0, 0.05) is 10.8 Å². The van der Waals surface area contributed by atoms with Crippen molar-refractivity contribution in [3.63, 3.8) is 0 Å². The smallest absolute Gasteiger partial charge is 0.424 e. The molecule has 1 heterocycles. The predicted molar refractivity (Wildman–Crippen MR) is 127 cm³/mol. The fraction of sp³-hybridized carbons (Fsp3) is 0.684. The van der Waals surface area contributed by atoms with Gasteiger partial charge in [-0.25, -0.2) is 9.55 Å². The lowest BCUT2D eigenvalue weighted by Gasteiger charge is -2.19. The number of nitrogens with zero attached hydrogens (tertiary/aromatic N) is 3. The molecule has 170 valence electrons. The van der Waals surface area contributed by atoms with E-state index in [2.05, 4.69) is 32.6 Å². The van der Waals surface area contributed by atoms with Gasteiger partial charge in [0.15, 0.2) is 6.40 Å². The van der Waals surface area contributed by atoms with Crippen molar-refractivity contribution in [3.8, 4) is 5.88 Å². The van der Waals surface area contributed by atoms with E-state index in [1.165, 1.54) is 12.8 Å². The Bertz CT molecular complexity index is 766. The maximum absolute atomic E-state index is 13.5. The van der Waals surface area contributed by atoms with Crippen molar-refractivity contribution in [2.75, 3.05) is 6.61 Å². The SMILES string of the molecule is CCCCCCC(C)SP(=O)(N=COCCCC)Oc1ncc([N+](=O)[O-])c(Br)c1C. The zero-order valence-electron chi connectivity index (χ0n) is 18.0. The molecule has 0 spiro atoms. The molecule has 0 aliphatic rings. The fourth-order valence-electron chi connectivity index (χ4n) is 2.47. The number of pyridine rings is 1. The molecule has 0 radical (unpaired) electrons. The summed E-state index contributed by atoms with van der Waals surface area (Å²) < 4.78 is 28.9. The standard InChI is InChI=1S/C19H31BrN3O5PS/c1-5-7-9-10-11-15(3)30-29(26,22-14-27-12-8-6-2)28-19-16(4)18(20)17(13-21-19)23(24)25/h13-15H,5-12H2,1-4H3. The Morgan fingerprint density at radius 1 is 1.33 bits per heavy atom. The van der Waals surface area contributed by atoms with Crippen LogP contribution in [0.2, 0.25) is 0 Å². The van der Waals surface area contributed by atoms with Gasteiger partial charge in [0.1, 0.15) is 10.7 Å². The molecule has 1 rings (SSSR count). The Labute approximate surface area is 191 Å². The van der Waals surface area contributed by atoms with Crippen LogP contribution in [0.3, 0.4) is 0 Å². The van der Waals surface area contributed by atoms with E-state index in [1.807, 2.05) is 13.8 Å². The summed E-state index contributed by atoms with van der Waals surface area (Å²) >= 11 is 4.35. The molecule has 2 atom stereocenters. The predicted octanol–water partition coefficient (Wildman–Crippen LogP) is 7.48. The Kier molecular flexibility index (Phi) is 12.6. The Morgan fingerprint density at radius 2 is 2.03 bits per heavy atom. The molecule has 8 nitrogen and oxygen atoms in total. The van der Waals surface area contributed by atoms with E-state index in [-0.39, 0.29) is 21.3 Å². The molecule has 1 aromatic rings. The number of rotatable bonds is 15. The molecule has 0 aliphatic heterocycles. The van der Waals surface area contributed by atoms with Crippen LogP contribution in [0.4, 0.5) is 5.69 Å². The van der Waals surface area contributed by atoms with E-state index in [4.69, 9.17) is 9.26 Å². The summed E-state index contributed by atoms with van der Waals surface area (Å²) in [7, 11) is 0. The summed E-state index contributed by atoms with van der Waals surface area (Å²) in [6.07, 6.45) is 9.50. The maximum Gasteiger partial charge on any atom is 0.424 e. The molecule has 0 aromatic carbocycles. The first-order valence-corrected chi connectivity index (χ1v) is 14.0.